The van der Waals surface area contributed by atoms with E-state index in [4.69, 9.17) is 0 Å². The van der Waals surface area contributed by atoms with Gasteiger partial charge in [0.2, 0.25) is 5.91 Å². The van der Waals surface area contributed by atoms with Crippen LogP contribution in [0.25, 0.3) is 0 Å². The van der Waals surface area contributed by atoms with Gasteiger partial charge < -0.3 is 10.0 Å². The Morgan fingerprint density at radius 1 is 1.21 bits per heavy atom. The molecule has 0 aromatic heterocycles. The van der Waals surface area contributed by atoms with E-state index in [1.54, 1.807) is 25.8 Å². The monoisotopic (exact) mass is 267 g/mol. The highest BCUT2D eigenvalue weighted by atomic mass is 16.3. The lowest BCUT2D eigenvalue weighted by Crippen LogP contribution is -2.36. The first kappa shape index (κ1) is 15.4. The Hall–Kier alpha value is -1.65. The van der Waals surface area contributed by atoms with Crippen molar-refractivity contribution in [3.63, 3.8) is 0 Å². The van der Waals surface area contributed by atoms with Crippen LogP contribution in [-0.2, 0) is 14.4 Å². The average molecular weight is 267 g/mol. The predicted octanol–water partition coefficient (Wildman–Crippen LogP) is 1.63. The molecule has 0 spiro atoms. The number of hydrogen-bond donors (Lipinski definition) is 1. The number of allylic oxidation sites excluding steroid dienone is 2. The van der Waals surface area contributed by atoms with Crippen molar-refractivity contribution in [1.82, 2.24) is 4.90 Å². The van der Waals surface area contributed by atoms with Gasteiger partial charge in [0.25, 0.3) is 0 Å². The lowest BCUT2D eigenvalue weighted by molar-refractivity contribution is -0.132. The van der Waals surface area contributed by atoms with Crippen LogP contribution in [0.3, 0.4) is 0 Å². The van der Waals surface area contributed by atoms with E-state index in [-0.39, 0.29) is 54.0 Å². The lowest BCUT2D eigenvalue weighted by Gasteiger charge is -2.27. The van der Waals surface area contributed by atoms with E-state index in [2.05, 4.69) is 0 Å². The van der Waals surface area contributed by atoms with Crippen molar-refractivity contribution in [1.29, 1.82) is 0 Å². The van der Waals surface area contributed by atoms with Crippen molar-refractivity contribution in [2.24, 2.45) is 5.92 Å². The molecular formula is C14H21NO4. The average Bonchev–Trinajstić information content (AvgIpc) is 2.36. The minimum Gasteiger partial charge on any atom is -0.511 e. The smallest absolute Gasteiger partial charge is 0.222 e. The van der Waals surface area contributed by atoms with Gasteiger partial charge in [0.05, 0.1) is 5.57 Å². The van der Waals surface area contributed by atoms with E-state index < -0.39 is 0 Å². The SMILES string of the molecule is CCC(=O)N(C)CC1CC(=O)C(=C(O)CC)C(=O)C1. The highest BCUT2D eigenvalue weighted by Gasteiger charge is 2.33. The molecule has 1 aliphatic rings. The quantitative estimate of drug-likeness (QED) is 0.477. The molecule has 0 aliphatic heterocycles. The molecule has 0 radical (unpaired) electrons. The molecule has 0 atom stereocenters. The van der Waals surface area contributed by atoms with Gasteiger partial charge >= 0.3 is 0 Å². The molecule has 0 heterocycles. The van der Waals surface area contributed by atoms with Gasteiger partial charge in [-0.15, -0.1) is 0 Å². The molecule has 0 aromatic carbocycles. The molecule has 106 valence electrons. The molecule has 1 fully saturated rings. The summed E-state index contributed by atoms with van der Waals surface area (Å²) in [5, 5.41) is 9.59. The van der Waals surface area contributed by atoms with Crippen LogP contribution in [-0.4, -0.2) is 41.1 Å². The lowest BCUT2D eigenvalue weighted by atomic mass is 9.82. The maximum absolute atomic E-state index is 11.9. The zero-order valence-electron chi connectivity index (χ0n) is 11.7. The van der Waals surface area contributed by atoms with Gasteiger partial charge in [-0.25, -0.2) is 0 Å². The van der Waals surface area contributed by atoms with Crippen LogP contribution in [0.15, 0.2) is 11.3 Å². The Morgan fingerprint density at radius 2 is 1.74 bits per heavy atom. The van der Waals surface area contributed by atoms with Crippen LogP contribution < -0.4 is 0 Å². The molecule has 0 saturated heterocycles. The maximum atomic E-state index is 11.9. The van der Waals surface area contributed by atoms with E-state index >= 15 is 0 Å². The van der Waals surface area contributed by atoms with Crippen LogP contribution in [0, 0.1) is 5.92 Å². The Labute approximate surface area is 113 Å². The second-order valence-electron chi connectivity index (χ2n) is 4.92. The van der Waals surface area contributed by atoms with Crippen LogP contribution >= 0.6 is 0 Å². The van der Waals surface area contributed by atoms with E-state index in [0.29, 0.717) is 13.0 Å². The first-order valence-corrected chi connectivity index (χ1v) is 6.63. The summed E-state index contributed by atoms with van der Waals surface area (Å²) in [6.45, 7) is 3.88. The fraction of sp³-hybridized carbons (Fsp3) is 0.643. The molecule has 0 unspecified atom stereocenters. The fourth-order valence-electron chi connectivity index (χ4n) is 2.34. The summed E-state index contributed by atoms with van der Waals surface area (Å²) < 4.78 is 0. The summed E-state index contributed by atoms with van der Waals surface area (Å²) >= 11 is 0. The number of rotatable bonds is 4. The van der Waals surface area contributed by atoms with Gasteiger partial charge in [0.15, 0.2) is 11.6 Å². The first-order chi connectivity index (χ1) is 8.90. The van der Waals surface area contributed by atoms with Crippen molar-refractivity contribution in [2.75, 3.05) is 13.6 Å². The molecule has 1 amide bonds. The molecular weight excluding hydrogens is 246 g/mol. The molecule has 5 heteroatoms. The maximum Gasteiger partial charge on any atom is 0.222 e. The van der Waals surface area contributed by atoms with Crippen molar-refractivity contribution >= 4 is 17.5 Å². The number of carbonyl (C=O) groups is 3. The zero-order chi connectivity index (χ0) is 14.6. The molecule has 0 aromatic rings. The third kappa shape index (κ3) is 3.66. The van der Waals surface area contributed by atoms with Crippen LogP contribution in [0.4, 0.5) is 0 Å². The Bertz CT molecular complexity index is 405. The summed E-state index contributed by atoms with van der Waals surface area (Å²) in [5.74, 6) is -0.881. The normalized spacial score (nSPS) is 19.5. The summed E-state index contributed by atoms with van der Waals surface area (Å²) in [4.78, 5) is 36.8. The van der Waals surface area contributed by atoms with E-state index in [9.17, 15) is 19.5 Å². The molecule has 1 saturated carbocycles. The number of ketones is 2. The predicted molar refractivity (Wildman–Crippen MR) is 70.6 cm³/mol. The van der Waals surface area contributed by atoms with E-state index in [1.165, 1.54) is 0 Å². The standard InChI is InChI=1S/C14H21NO4/c1-4-10(16)14-11(17)6-9(7-12(14)18)8-15(3)13(19)5-2/h9,16H,4-8H2,1-3H3. The van der Waals surface area contributed by atoms with Crippen molar-refractivity contribution in [3.05, 3.63) is 11.3 Å². The number of amides is 1. The largest absolute Gasteiger partial charge is 0.511 e. The summed E-state index contributed by atoms with van der Waals surface area (Å²) in [6.07, 6.45) is 1.12. The molecule has 1 rings (SSSR count). The molecule has 1 N–H and O–H groups in total. The van der Waals surface area contributed by atoms with Crippen molar-refractivity contribution < 1.29 is 19.5 Å². The Morgan fingerprint density at radius 3 is 2.16 bits per heavy atom. The number of hydrogen-bond acceptors (Lipinski definition) is 4. The number of aliphatic hydroxyl groups is 1. The highest BCUT2D eigenvalue weighted by Crippen LogP contribution is 2.26. The summed E-state index contributed by atoms with van der Waals surface area (Å²) in [7, 11) is 1.68. The number of Topliss-reactive ketones (excluding diaryl/α,β-unsaturated/α-hetero) is 2. The van der Waals surface area contributed by atoms with E-state index in [0.717, 1.165) is 0 Å². The minimum absolute atomic E-state index is 0.00218. The molecule has 19 heavy (non-hydrogen) atoms. The minimum atomic E-state index is -0.307. The van der Waals surface area contributed by atoms with Gasteiger partial charge in [-0.1, -0.05) is 13.8 Å². The highest BCUT2D eigenvalue weighted by molar-refractivity contribution is 6.22. The number of carbonyl (C=O) groups excluding carboxylic acids is 3. The van der Waals surface area contributed by atoms with Gasteiger partial charge in [-0.3, -0.25) is 14.4 Å². The van der Waals surface area contributed by atoms with E-state index in [1.807, 2.05) is 0 Å². The molecule has 0 bridgehead atoms. The fourth-order valence-corrected chi connectivity index (χ4v) is 2.34. The van der Waals surface area contributed by atoms with Crippen molar-refractivity contribution in [3.8, 4) is 0 Å². The Balaban J connectivity index is 2.74. The zero-order valence-corrected chi connectivity index (χ0v) is 11.7. The van der Waals surface area contributed by atoms with Gasteiger partial charge in [-0.05, 0) is 5.92 Å². The van der Waals surface area contributed by atoms with Crippen LogP contribution in [0.5, 0.6) is 0 Å². The Kier molecular flexibility index (Phi) is 5.27. The van der Waals surface area contributed by atoms with Crippen LogP contribution in [0.2, 0.25) is 0 Å². The third-order valence-electron chi connectivity index (χ3n) is 3.39. The van der Waals surface area contributed by atoms with Crippen LogP contribution in [0.1, 0.15) is 39.5 Å². The number of nitrogens with zero attached hydrogens (tertiary/aromatic N) is 1. The molecule has 1 aliphatic carbocycles. The van der Waals surface area contributed by atoms with Gasteiger partial charge in [0, 0.05) is 39.3 Å². The second kappa shape index (κ2) is 6.50. The summed E-state index contributed by atoms with van der Waals surface area (Å²) in [6, 6.07) is 0. The van der Waals surface area contributed by atoms with Gasteiger partial charge in [0.1, 0.15) is 5.76 Å². The second-order valence-corrected chi connectivity index (χ2v) is 4.92. The first-order valence-electron chi connectivity index (χ1n) is 6.63. The molecule has 5 nitrogen and oxygen atoms in total. The summed E-state index contributed by atoms with van der Waals surface area (Å²) in [5.41, 5.74) is -0.0387. The number of aliphatic hydroxyl groups excluding tert-OH is 1. The van der Waals surface area contributed by atoms with Crippen molar-refractivity contribution in [2.45, 2.75) is 39.5 Å². The third-order valence-corrected chi connectivity index (χ3v) is 3.39. The van der Waals surface area contributed by atoms with Gasteiger partial charge in [-0.2, -0.15) is 0 Å². The topological polar surface area (TPSA) is 74.7 Å².